The average Bonchev–Trinajstić information content (AvgIpc) is 2.40. The van der Waals surface area contributed by atoms with Crippen molar-refractivity contribution in [1.29, 1.82) is 0 Å². The molecule has 0 aliphatic rings. The molecular weight excluding hydrogens is 234 g/mol. The summed E-state index contributed by atoms with van der Waals surface area (Å²) in [4.78, 5) is 6.80. The Balaban J connectivity index is 2.65. The lowest BCUT2D eigenvalue weighted by molar-refractivity contribution is 0.551. The highest BCUT2D eigenvalue weighted by molar-refractivity contribution is 5.41. The van der Waals surface area contributed by atoms with Gasteiger partial charge in [0.15, 0.2) is 0 Å². The average molecular weight is 263 g/mol. The fourth-order valence-corrected chi connectivity index (χ4v) is 2.29. The second-order valence-electron chi connectivity index (χ2n) is 5.63. The summed E-state index contributed by atoms with van der Waals surface area (Å²) in [6.45, 7) is 10.9. The Bertz CT molecular complexity index is 359. The fourth-order valence-electron chi connectivity index (χ4n) is 2.29. The normalized spacial score (nSPS) is 11.3. The van der Waals surface area contributed by atoms with Gasteiger partial charge in [-0.25, -0.2) is 4.98 Å². The molecule has 0 radical (unpaired) electrons. The van der Waals surface area contributed by atoms with Crippen molar-refractivity contribution in [1.82, 2.24) is 10.3 Å². The van der Waals surface area contributed by atoms with Gasteiger partial charge in [0, 0.05) is 25.8 Å². The van der Waals surface area contributed by atoms with E-state index < -0.39 is 0 Å². The molecule has 3 heteroatoms. The maximum Gasteiger partial charge on any atom is 0.128 e. The number of hydrogen-bond acceptors (Lipinski definition) is 3. The van der Waals surface area contributed by atoms with Gasteiger partial charge in [0.05, 0.1) is 0 Å². The molecule has 3 nitrogen and oxygen atoms in total. The molecule has 0 spiro atoms. The van der Waals surface area contributed by atoms with Crippen molar-refractivity contribution in [2.24, 2.45) is 5.92 Å². The lowest BCUT2D eigenvalue weighted by Gasteiger charge is -2.27. The SMILES string of the molecule is CCC(CC)N(C)c1cc(CNCC(C)C)ccn1. The van der Waals surface area contributed by atoms with Crippen molar-refractivity contribution in [2.75, 3.05) is 18.5 Å². The number of anilines is 1. The molecule has 0 amide bonds. The Morgan fingerprint density at radius 2 is 1.95 bits per heavy atom. The van der Waals surface area contributed by atoms with Gasteiger partial charge in [-0.3, -0.25) is 0 Å². The standard InChI is InChI=1S/C16H29N3/c1-6-15(7-2)19(5)16-10-14(8-9-18-16)12-17-11-13(3)4/h8-10,13,15,17H,6-7,11-12H2,1-5H3. The number of pyridine rings is 1. The molecule has 1 heterocycles. The van der Waals surface area contributed by atoms with Gasteiger partial charge < -0.3 is 10.2 Å². The van der Waals surface area contributed by atoms with Gasteiger partial charge in [0.1, 0.15) is 5.82 Å². The molecule has 0 aliphatic carbocycles. The lowest BCUT2D eigenvalue weighted by Crippen LogP contribution is -2.31. The third-order valence-corrected chi connectivity index (χ3v) is 3.54. The highest BCUT2D eigenvalue weighted by atomic mass is 15.2. The van der Waals surface area contributed by atoms with Crippen LogP contribution in [0.3, 0.4) is 0 Å². The highest BCUT2D eigenvalue weighted by Crippen LogP contribution is 2.17. The molecule has 0 aliphatic heterocycles. The van der Waals surface area contributed by atoms with E-state index in [0.717, 1.165) is 31.7 Å². The van der Waals surface area contributed by atoms with Crippen LogP contribution in [0.25, 0.3) is 0 Å². The van der Waals surface area contributed by atoms with Gasteiger partial charge in [0.25, 0.3) is 0 Å². The fraction of sp³-hybridized carbons (Fsp3) is 0.688. The molecule has 1 rings (SSSR count). The van der Waals surface area contributed by atoms with E-state index >= 15 is 0 Å². The van der Waals surface area contributed by atoms with Crippen molar-refractivity contribution in [3.05, 3.63) is 23.9 Å². The van der Waals surface area contributed by atoms with Crippen LogP contribution in [-0.2, 0) is 6.54 Å². The van der Waals surface area contributed by atoms with Gasteiger partial charge >= 0.3 is 0 Å². The van der Waals surface area contributed by atoms with Crippen LogP contribution in [0.1, 0.15) is 46.1 Å². The van der Waals surface area contributed by atoms with Crippen molar-refractivity contribution in [3.63, 3.8) is 0 Å². The van der Waals surface area contributed by atoms with Crippen LogP contribution in [0.5, 0.6) is 0 Å². The van der Waals surface area contributed by atoms with Crippen LogP contribution >= 0.6 is 0 Å². The van der Waals surface area contributed by atoms with Crippen molar-refractivity contribution in [3.8, 4) is 0 Å². The van der Waals surface area contributed by atoms with Crippen LogP contribution in [-0.4, -0.2) is 24.6 Å². The maximum atomic E-state index is 4.50. The number of nitrogens with zero attached hydrogens (tertiary/aromatic N) is 2. The van der Waals surface area contributed by atoms with E-state index in [4.69, 9.17) is 0 Å². The third kappa shape index (κ3) is 5.19. The maximum absolute atomic E-state index is 4.50. The first kappa shape index (κ1) is 16.0. The first-order valence-corrected chi connectivity index (χ1v) is 7.46. The smallest absolute Gasteiger partial charge is 0.128 e. The minimum atomic E-state index is 0.575. The molecule has 1 aromatic heterocycles. The molecule has 1 N–H and O–H groups in total. The predicted molar refractivity (Wildman–Crippen MR) is 83.6 cm³/mol. The van der Waals surface area contributed by atoms with Crippen LogP contribution in [0, 0.1) is 5.92 Å². The minimum absolute atomic E-state index is 0.575. The number of hydrogen-bond donors (Lipinski definition) is 1. The predicted octanol–water partition coefficient (Wildman–Crippen LogP) is 3.45. The summed E-state index contributed by atoms with van der Waals surface area (Å²) in [7, 11) is 2.14. The molecule has 0 bridgehead atoms. The minimum Gasteiger partial charge on any atom is -0.357 e. The Hall–Kier alpha value is -1.09. The second kappa shape index (κ2) is 8.16. The van der Waals surface area contributed by atoms with E-state index in [9.17, 15) is 0 Å². The van der Waals surface area contributed by atoms with E-state index in [-0.39, 0.29) is 0 Å². The zero-order valence-corrected chi connectivity index (χ0v) is 13.1. The van der Waals surface area contributed by atoms with Gasteiger partial charge in [-0.1, -0.05) is 27.7 Å². The van der Waals surface area contributed by atoms with Crippen molar-refractivity contribution < 1.29 is 0 Å². The highest BCUT2D eigenvalue weighted by Gasteiger charge is 2.12. The number of aromatic nitrogens is 1. The van der Waals surface area contributed by atoms with Gasteiger partial charge in [-0.15, -0.1) is 0 Å². The number of nitrogens with one attached hydrogen (secondary N) is 1. The summed E-state index contributed by atoms with van der Waals surface area (Å²) >= 11 is 0. The van der Waals surface area contributed by atoms with Crippen molar-refractivity contribution in [2.45, 2.75) is 53.1 Å². The monoisotopic (exact) mass is 263 g/mol. The van der Waals surface area contributed by atoms with Crippen LogP contribution in [0.4, 0.5) is 5.82 Å². The van der Waals surface area contributed by atoms with E-state index in [2.05, 4.69) is 62.1 Å². The summed E-state index contributed by atoms with van der Waals surface area (Å²) in [5, 5.41) is 3.48. The van der Waals surface area contributed by atoms with Gasteiger partial charge in [0.2, 0.25) is 0 Å². The quantitative estimate of drug-likeness (QED) is 0.778. The zero-order valence-electron chi connectivity index (χ0n) is 13.1. The first-order valence-electron chi connectivity index (χ1n) is 7.46. The summed E-state index contributed by atoms with van der Waals surface area (Å²) in [6.07, 6.45) is 4.23. The van der Waals surface area contributed by atoms with E-state index in [1.54, 1.807) is 0 Å². The first-order chi connectivity index (χ1) is 9.08. The van der Waals surface area contributed by atoms with E-state index in [0.29, 0.717) is 12.0 Å². The molecule has 1 aromatic rings. The van der Waals surface area contributed by atoms with Crippen LogP contribution in [0.2, 0.25) is 0 Å². The Kier molecular flexibility index (Phi) is 6.85. The molecule has 0 saturated heterocycles. The Labute approximate surface area is 118 Å². The summed E-state index contributed by atoms with van der Waals surface area (Å²) < 4.78 is 0. The Morgan fingerprint density at radius 3 is 2.53 bits per heavy atom. The van der Waals surface area contributed by atoms with Gasteiger partial charge in [-0.2, -0.15) is 0 Å². The summed E-state index contributed by atoms with van der Waals surface area (Å²) in [5.74, 6) is 1.77. The molecule has 19 heavy (non-hydrogen) atoms. The van der Waals surface area contributed by atoms with E-state index in [1.807, 2.05) is 6.20 Å². The van der Waals surface area contributed by atoms with Gasteiger partial charge in [-0.05, 0) is 43.0 Å². The largest absolute Gasteiger partial charge is 0.357 e. The third-order valence-electron chi connectivity index (χ3n) is 3.54. The second-order valence-corrected chi connectivity index (χ2v) is 5.63. The zero-order chi connectivity index (χ0) is 14.3. The van der Waals surface area contributed by atoms with Crippen LogP contribution < -0.4 is 10.2 Å². The Morgan fingerprint density at radius 1 is 1.26 bits per heavy atom. The lowest BCUT2D eigenvalue weighted by atomic mass is 10.1. The summed E-state index contributed by atoms with van der Waals surface area (Å²) in [6, 6.07) is 4.87. The van der Waals surface area contributed by atoms with Crippen LogP contribution in [0.15, 0.2) is 18.3 Å². The summed E-state index contributed by atoms with van der Waals surface area (Å²) in [5.41, 5.74) is 1.31. The molecule has 0 unspecified atom stereocenters. The van der Waals surface area contributed by atoms with E-state index in [1.165, 1.54) is 5.56 Å². The molecule has 0 aromatic carbocycles. The number of rotatable bonds is 8. The molecular formula is C16H29N3. The molecule has 108 valence electrons. The topological polar surface area (TPSA) is 28.2 Å². The van der Waals surface area contributed by atoms with Crippen molar-refractivity contribution >= 4 is 5.82 Å². The molecule has 0 saturated carbocycles. The molecule has 0 fully saturated rings. The molecule has 0 atom stereocenters.